The van der Waals surface area contributed by atoms with Crippen molar-refractivity contribution in [2.75, 3.05) is 0 Å². The van der Waals surface area contributed by atoms with Gasteiger partial charge in [0.2, 0.25) is 0 Å². The van der Waals surface area contributed by atoms with Gasteiger partial charge in [-0.1, -0.05) is 0 Å². The van der Waals surface area contributed by atoms with Crippen LogP contribution in [0.2, 0.25) is 0 Å². The first kappa shape index (κ1) is 5.03. The van der Waals surface area contributed by atoms with E-state index >= 15 is 0 Å². The van der Waals surface area contributed by atoms with Gasteiger partial charge < -0.3 is 14.9 Å². The van der Waals surface area contributed by atoms with E-state index in [1.54, 1.807) is 0 Å². The SMILES string of the molecule is OC1[CH]CC(O)O1. The zero-order valence-corrected chi connectivity index (χ0v) is 3.74. The fourth-order valence-electron chi connectivity index (χ4n) is 0.505. The Kier molecular flexibility index (Phi) is 1.27. The minimum absolute atomic E-state index is 0.432. The molecule has 1 saturated heterocycles. The van der Waals surface area contributed by atoms with Crippen molar-refractivity contribution in [2.24, 2.45) is 0 Å². The number of ether oxygens (including phenoxy) is 1. The van der Waals surface area contributed by atoms with Gasteiger partial charge in [-0.25, -0.2) is 0 Å². The highest BCUT2D eigenvalue weighted by Gasteiger charge is 2.20. The van der Waals surface area contributed by atoms with Crippen LogP contribution < -0.4 is 0 Å². The van der Waals surface area contributed by atoms with E-state index in [4.69, 9.17) is 10.2 Å². The quantitative estimate of drug-likeness (QED) is 0.424. The lowest BCUT2D eigenvalue weighted by molar-refractivity contribution is -0.154. The third-order valence-electron chi connectivity index (χ3n) is 0.836. The lowest BCUT2D eigenvalue weighted by atomic mass is 10.3. The Morgan fingerprint density at radius 2 is 2.29 bits per heavy atom. The van der Waals surface area contributed by atoms with Gasteiger partial charge in [-0.15, -0.1) is 0 Å². The molecule has 1 heterocycles. The van der Waals surface area contributed by atoms with Crippen LogP contribution >= 0.6 is 0 Å². The number of aliphatic hydroxyl groups excluding tert-OH is 2. The van der Waals surface area contributed by atoms with Gasteiger partial charge >= 0.3 is 0 Å². The molecule has 2 atom stereocenters. The fraction of sp³-hybridized carbons (Fsp3) is 0.750. The average Bonchev–Trinajstić information content (AvgIpc) is 1.87. The number of hydrogen-bond donors (Lipinski definition) is 2. The summed E-state index contributed by atoms with van der Waals surface area (Å²) in [5, 5.41) is 16.9. The third kappa shape index (κ3) is 1.12. The zero-order chi connectivity index (χ0) is 5.28. The van der Waals surface area contributed by atoms with E-state index in [-0.39, 0.29) is 0 Å². The molecule has 0 aliphatic carbocycles. The van der Waals surface area contributed by atoms with Crippen LogP contribution in [0.25, 0.3) is 0 Å². The molecule has 41 valence electrons. The van der Waals surface area contributed by atoms with Gasteiger partial charge in [0.25, 0.3) is 0 Å². The molecule has 1 radical (unpaired) electrons. The molecular formula is C4H7O3. The van der Waals surface area contributed by atoms with Gasteiger partial charge in [-0.05, 0) is 0 Å². The molecule has 3 nitrogen and oxygen atoms in total. The normalized spacial score (nSPS) is 42.0. The van der Waals surface area contributed by atoms with Crippen molar-refractivity contribution in [2.45, 2.75) is 19.0 Å². The minimum atomic E-state index is -0.852. The third-order valence-corrected chi connectivity index (χ3v) is 0.836. The van der Waals surface area contributed by atoms with Gasteiger partial charge in [0.1, 0.15) is 0 Å². The first-order valence-corrected chi connectivity index (χ1v) is 2.14. The zero-order valence-electron chi connectivity index (χ0n) is 3.74. The number of aliphatic hydroxyl groups is 2. The molecule has 0 aromatic heterocycles. The lowest BCUT2D eigenvalue weighted by Crippen LogP contribution is -2.07. The van der Waals surface area contributed by atoms with Crippen LogP contribution in [0.4, 0.5) is 0 Å². The van der Waals surface area contributed by atoms with Crippen LogP contribution in [0.15, 0.2) is 0 Å². The first-order valence-electron chi connectivity index (χ1n) is 2.14. The van der Waals surface area contributed by atoms with E-state index in [2.05, 4.69) is 4.74 Å². The molecular weight excluding hydrogens is 96.0 g/mol. The second kappa shape index (κ2) is 1.78. The highest BCUT2D eigenvalue weighted by Crippen LogP contribution is 2.12. The molecule has 1 rings (SSSR count). The largest absolute Gasteiger partial charge is 0.368 e. The van der Waals surface area contributed by atoms with Crippen LogP contribution in [-0.2, 0) is 4.74 Å². The predicted octanol–water partition coefficient (Wildman–Crippen LogP) is -0.752. The maximum Gasteiger partial charge on any atom is 0.161 e. The number of hydrogen-bond acceptors (Lipinski definition) is 3. The Hall–Kier alpha value is -0.120. The van der Waals surface area contributed by atoms with Crippen molar-refractivity contribution >= 4 is 0 Å². The van der Waals surface area contributed by atoms with E-state index in [1.807, 2.05) is 0 Å². The summed E-state index contributed by atoms with van der Waals surface area (Å²) in [6.07, 6.45) is 0.302. The van der Waals surface area contributed by atoms with Crippen molar-refractivity contribution in [3.63, 3.8) is 0 Å². The van der Waals surface area contributed by atoms with Crippen LogP contribution in [0, 0.1) is 6.42 Å². The van der Waals surface area contributed by atoms with Crippen LogP contribution in [0.5, 0.6) is 0 Å². The molecule has 1 aliphatic rings. The maximum atomic E-state index is 8.49. The molecule has 0 aromatic rings. The number of rotatable bonds is 0. The highest BCUT2D eigenvalue weighted by atomic mass is 16.7. The summed E-state index contributed by atoms with van der Waals surface area (Å²) < 4.78 is 4.42. The summed E-state index contributed by atoms with van der Waals surface area (Å²) in [4.78, 5) is 0. The van der Waals surface area contributed by atoms with Crippen molar-refractivity contribution in [3.05, 3.63) is 6.42 Å². The van der Waals surface area contributed by atoms with Crippen molar-refractivity contribution in [1.82, 2.24) is 0 Å². The highest BCUT2D eigenvalue weighted by molar-refractivity contribution is 4.75. The molecule has 0 bridgehead atoms. The van der Waals surface area contributed by atoms with E-state index in [1.165, 1.54) is 6.42 Å². The van der Waals surface area contributed by atoms with Crippen LogP contribution in [-0.4, -0.2) is 22.8 Å². The molecule has 7 heavy (non-hydrogen) atoms. The smallest absolute Gasteiger partial charge is 0.161 e. The van der Waals surface area contributed by atoms with E-state index in [0.717, 1.165) is 0 Å². The van der Waals surface area contributed by atoms with Crippen LogP contribution in [0.1, 0.15) is 6.42 Å². The molecule has 0 spiro atoms. The summed E-state index contributed by atoms with van der Waals surface area (Å²) in [5.41, 5.74) is 0. The van der Waals surface area contributed by atoms with Crippen molar-refractivity contribution < 1.29 is 14.9 Å². The second-order valence-electron chi connectivity index (χ2n) is 1.45. The maximum absolute atomic E-state index is 8.49. The van der Waals surface area contributed by atoms with Gasteiger partial charge in [0.05, 0.1) is 0 Å². The summed E-state index contributed by atoms with van der Waals surface area (Å²) >= 11 is 0. The summed E-state index contributed by atoms with van der Waals surface area (Å²) in [5.74, 6) is 0. The lowest BCUT2D eigenvalue weighted by Gasteiger charge is -1.99. The second-order valence-corrected chi connectivity index (χ2v) is 1.45. The summed E-state index contributed by atoms with van der Waals surface area (Å²) in [6, 6.07) is 0. The summed E-state index contributed by atoms with van der Waals surface area (Å²) in [6.45, 7) is 0. The minimum Gasteiger partial charge on any atom is -0.368 e. The monoisotopic (exact) mass is 103 g/mol. The van der Waals surface area contributed by atoms with Crippen LogP contribution in [0.3, 0.4) is 0 Å². The molecule has 1 aliphatic heterocycles. The predicted molar refractivity (Wildman–Crippen MR) is 22.0 cm³/mol. The molecule has 0 aromatic carbocycles. The fourth-order valence-corrected chi connectivity index (χ4v) is 0.505. The van der Waals surface area contributed by atoms with Crippen molar-refractivity contribution in [3.8, 4) is 0 Å². The first-order chi connectivity index (χ1) is 3.29. The van der Waals surface area contributed by atoms with Gasteiger partial charge in [0.15, 0.2) is 12.6 Å². The molecule has 0 amide bonds. The Morgan fingerprint density at radius 1 is 1.57 bits per heavy atom. The van der Waals surface area contributed by atoms with E-state index < -0.39 is 12.6 Å². The Balaban J connectivity index is 2.26. The van der Waals surface area contributed by atoms with E-state index in [0.29, 0.717) is 6.42 Å². The molecule has 2 N–H and O–H groups in total. The van der Waals surface area contributed by atoms with Crippen molar-refractivity contribution in [1.29, 1.82) is 0 Å². The average molecular weight is 103 g/mol. The van der Waals surface area contributed by atoms with Gasteiger partial charge in [0, 0.05) is 12.8 Å². The molecule has 0 saturated carbocycles. The molecule has 1 fully saturated rings. The Bertz CT molecular complexity index is 56.0. The topological polar surface area (TPSA) is 49.7 Å². The summed E-state index contributed by atoms with van der Waals surface area (Å²) in [7, 11) is 0. The van der Waals surface area contributed by atoms with E-state index in [9.17, 15) is 0 Å². The standard InChI is InChI=1S/C4H7O3/c5-3-1-2-4(6)7-3/h1,3-6H,2H2. The van der Waals surface area contributed by atoms with Gasteiger partial charge in [-0.3, -0.25) is 0 Å². The van der Waals surface area contributed by atoms with Gasteiger partial charge in [-0.2, -0.15) is 0 Å². The molecule has 3 heteroatoms. The Morgan fingerprint density at radius 3 is 2.43 bits per heavy atom. The molecule has 2 unspecified atom stereocenters. The Labute approximate surface area is 41.5 Å².